The zero-order chi connectivity index (χ0) is 24.5. The molecule has 0 saturated carbocycles. The molecule has 0 aliphatic rings. The molecule has 0 aliphatic carbocycles. The number of benzene rings is 2. The number of nitrogens with zero attached hydrogens (tertiary/aromatic N) is 3. The van der Waals surface area contributed by atoms with Crippen molar-refractivity contribution in [3.63, 3.8) is 0 Å². The molecule has 0 amide bonds. The van der Waals surface area contributed by atoms with E-state index in [2.05, 4.69) is 16.9 Å². The number of carbonyl (C=O) groups is 1. The van der Waals surface area contributed by atoms with Crippen molar-refractivity contribution < 1.29 is 14.6 Å². The standard InChI is InChI=1S/C25H30N4O5/c1-3-4-5-16-34-21-12-10-20(11-13-21)26-23-27-24(32)28(15-14-22(30)31)25(33)29(23)17-19-8-6-18(2)7-9-19/h6-13H,3-5,14-17H2,1-2H3,(H,30,31)(H,26,27,32). The van der Waals surface area contributed by atoms with Crippen LogP contribution in [0.1, 0.15) is 43.7 Å². The average Bonchev–Trinajstić information content (AvgIpc) is 2.81. The first-order valence-corrected chi connectivity index (χ1v) is 11.4. The minimum atomic E-state index is -1.10. The molecular formula is C25H30N4O5. The van der Waals surface area contributed by atoms with E-state index >= 15 is 0 Å². The Hall–Kier alpha value is -3.88. The first-order chi connectivity index (χ1) is 16.4. The van der Waals surface area contributed by atoms with Gasteiger partial charge in [-0.1, -0.05) is 49.6 Å². The molecule has 0 atom stereocenters. The average molecular weight is 467 g/mol. The van der Waals surface area contributed by atoms with Crippen LogP contribution in [0.25, 0.3) is 0 Å². The quantitative estimate of drug-likeness (QED) is 0.421. The lowest BCUT2D eigenvalue weighted by molar-refractivity contribution is -0.137. The van der Waals surface area contributed by atoms with Crippen molar-refractivity contribution in [1.82, 2.24) is 14.1 Å². The van der Waals surface area contributed by atoms with E-state index in [1.54, 1.807) is 24.3 Å². The molecule has 0 unspecified atom stereocenters. The molecule has 0 bridgehead atoms. The Morgan fingerprint density at radius 2 is 1.74 bits per heavy atom. The Morgan fingerprint density at radius 1 is 1.03 bits per heavy atom. The number of hydrogen-bond acceptors (Lipinski definition) is 5. The van der Waals surface area contributed by atoms with Crippen LogP contribution >= 0.6 is 0 Å². The van der Waals surface area contributed by atoms with Crippen molar-refractivity contribution >= 4 is 11.7 Å². The first-order valence-electron chi connectivity index (χ1n) is 11.4. The van der Waals surface area contributed by atoms with Gasteiger partial charge in [0.15, 0.2) is 0 Å². The van der Waals surface area contributed by atoms with E-state index in [4.69, 9.17) is 9.84 Å². The summed E-state index contributed by atoms with van der Waals surface area (Å²) in [6.45, 7) is 4.68. The second kappa shape index (κ2) is 11.8. The zero-order valence-corrected chi connectivity index (χ0v) is 19.5. The van der Waals surface area contributed by atoms with Crippen molar-refractivity contribution in [2.45, 2.75) is 52.6 Å². The Labute approximate surface area is 197 Å². The van der Waals surface area contributed by atoms with Crippen LogP contribution in [-0.4, -0.2) is 31.8 Å². The lowest BCUT2D eigenvalue weighted by atomic mass is 10.1. The van der Waals surface area contributed by atoms with Gasteiger partial charge in [-0.3, -0.25) is 14.3 Å². The van der Waals surface area contributed by atoms with Crippen molar-refractivity contribution in [2.24, 2.45) is 4.99 Å². The van der Waals surface area contributed by atoms with E-state index in [1.165, 1.54) is 4.57 Å². The molecule has 3 aromatic rings. The van der Waals surface area contributed by atoms with Crippen molar-refractivity contribution in [3.05, 3.63) is 86.2 Å². The minimum absolute atomic E-state index is 0.0822. The maximum Gasteiger partial charge on any atom is 0.335 e. The number of carboxylic acids is 1. The van der Waals surface area contributed by atoms with Gasteiger partial charge < -0.3 is 9.84 Å². The highest BCUT2D eigenvalue weighted by molar-refractivity contribution is 5.66. The lowest BCUT2D eigenvalue weighted by Gasteiger charge is -2.11. The van der Waals surface area contributed by atoms with Crippen molar-refractivity contribution in [2.75, 3.05) is 6.61 Å². The van der Waals surface area contributed by atoms with E-state index in [0.717, 1.165) is 40.7 Å². The fraction of sp³-hybridized carbons (Fsp3) is 0.360. The van der Waals surface area contributed by atoms with Gasteiger partial charge in [0.05, 0.1) is 25.3 Å². The number of carboxylic acid groups (broad SMARTS) is 1. The Kier molecular flexibility index (Phi) is 8.61. The van der Waals surface area contributed by atoms with Gasteiger partial charge in [-0.25, -0.2) is 19.1 Å². The third-order valence-corrected chi connectivity index (χ3v) is 5.28. The summed E-state index contributed by atoms with van der Waals surface area (Å²) >= 11 is 0. The predicted molar refractivity (Wildman–Crippen MR) is 129 cm³/mol. The summed E-state index contributed by atoms with van der Waals surface area (Å²) < 4.78 is 7.94. The second-order valence-corrected chi connectivity index (χ2v) is 8.06. The highest BCUT2D eigenvalue weighted by Gasteiger charge is 2.11. The molecule has 34 heavy (non-hydrogen) atoms. The number of ether oxygens (including phenoxy) is 1. The molecule has 1 heterocycles. The number of nitrogens with one attached hydrogen (secondary N) is 1. The summed E-state index contributed by atoms with van der Waals surface area (Å²) in [7, 11) is 0. The molecule has 2 aromatic carbocycles. The van der Waals surface area contributed by atoms with Crippen LogP contribution in [0, 0.1) is 6.92 Å². The minimum Gasteiger partial charge on any atom is -0.494 e. The molecule has 0 aliphatic heterocycles. The molecule has 0 radical (unpaired) electrons. The molecule has 3 rings (SSSR count). The summed E-state index contributed by atoms with van der Waals surface area (Å²) in [6.07, 6.45) is 2.88. The van der Waals surface area contributed by atoms with E-state index < -0.39 is 17.3 Å². The number of aryl methyl sites for hydroxylation is 1. The number of aliphatic carboxylic acids is 1. The molecule has 9 nitrogen and oxygen atoms in total. The van der Waals surface area contributed by atoms with E-state index in [1.807, 2.05) is 31.2 Å². The number of hydrogen-bond donors (Lipinski definition) is 2. The number of H-pyrrole nitrogens is 1. The molecule has 0 saturated heterocycles. The predicted octanol–water partition coefficient (Wildman–Crippen LogP) is 2.97. The van der Waals surface area contributed by atoms with Crippen LogP contribution in [0.4, 0.5) is 5.69 Å². The zero-order valence-electron chi connectivity index (χ0n) is 19.5. The Morgan fingerprint density at radius 3 is 2.38 bits per heavy atom. The maximum atomic E-state index is 13.1. The number of aromatic nitrogens is 3. The molecule has 0 fully saturated rings. The van der Waals surface area contributed by atoms with Gasteiger partial charge in [0.25, 0.3) is 0 Å². The summed E-state index contributed by atoms with van der Waals surface area (Å²) in [5.41, 5.74) is 1.21. The summed E-state index contributed by atoms with van der Waals surface area (Å²) in [5.74, 6) is -0.373. The Bertz CT molecular complexity index is 1290. The number of rotatable bonds is 11. The van der Waals surface area contributed by atoms with Crippen molar-refractivity contribution in [3.8, 4) is 5.75 Å². The SMILES string of the molecule is CCCCCOc1ccc(/N=c2\[nH]c(=O)n(CCC(=O)O)c(=O)n2Cc2ccc(C)cc2)cc1. The number of unbranched alkanes of at least 4 members (excludes halogenated alkanes) is 2. The molecule has 2 N–H and O–H groups in total. The topological polar surface area (TPSA) is 119 Å². The third kappa shape index (κ3) is 6.81. The van der Waals surface area contributed by atoms with E-state index in [0.29, 0.717) is 12.3 Å². The van der Waals surface area contributed by atoms with Crippen LogP contribution in [0.5, 0.6) is 5.75 Å². The van der Waals surface area contributed by atoms with Crippen LogP contribution in [0.15, 0.2) is 63.1 Å². The molecule has 1 aromatic heterocycles. The van der Waals surface area contributed by atoms with E-state index in [9.17, 15) is 14.4 Å². The van der Waals surface area contributed by atoms with Crippen LogP contribution in [0.3, 0.4) is 0 Å². The van der Waals surface area contributed by atoms with Crippen LogP contribution in [-0.2, 0) is 17.9 Å². The van der Waals surface area contributed by atoms with Gasteiger partial charge in [-0.15, -0.1) is 0 Å². The lowest BCUT2D eigenvalue weighted by Crippen LogP contribution is -2.50. The summed E-state index contributed by atoms with van der Waals surface area (Å²) in [5, 5.41) is 8.98. The molecular weight excluding hydrogens is 436 g/mol. The fourth-order valence-electron chi connectivity index (χ4n) is 3.35. The summed E-state index contributed by atoms with van der Waals surface area (Å²) in [6, 6.07) is 14.7. The van der Waals surface area contributed by atoms with E-state index in [-0.39, 0.29) is 25.1 Å². The van der Waals surface area contributed by atoms with Gasteiger partial charge in [-0.2, -0.15) is 0 Å². The normalized spacial score (nSPS) is 11.5. The van der Waals surface area contributed by atoms with Crippen molar-refractivity contribution in [1.29, 1.82) is 0 Å². The summed E-state index contributed by atoms with van der Waals surface area (Å²) in [4.78, 5) is 43.8. The second-order valence-electron chi connectivity index (χ2n) is 8.06. The van der Waals surface area contributed by atoms with Gasteiger partial charge in [-0.05, 0) is 43.2 Å². The van der Waals surface area contributed by atoms with Crippen LogP contribution in [0.2, 0.25) is 0 Å². The highest BCUT2D eigenvalue weighted by Crippen LogP contribution is 2.17. The van der Waals surface area contributed by atoms with Gasteiger partial charge in [0, 0.05) is 6.54 Å². The highest BCUT2D eigenvalue weighted by atomic mass is 16.5. The largest absolute Gasteiger partial charge is 0.494 e. The molecule has 0 spiro atoms. The Balaban J connectivity index is 1.98. The maximum absolute atomic E-state index is 13.1. The molecule has 9 heteroatoms. The third-order valence-electron chi connectivity index (χ3n) is 5.28. The number of aromatic amines is 1. The van der Waals surface area contributed by atoms with Gasteiger partial charge in [0.1, 0.15) is 5.75 Å². The van der Waals surface area contributed by atoms with Crippen LogP contribution < -0.4 is 21.7 Å². The monoisotopic (exact) mass is 466 g/mol. The van der Waals surface area contributed by atoms with Gasteiger partial charge in [0.2, 0.25) is 5.62 Å². The molecule has 180 valence electrons. The fourth-order valence-corrected chi connectivity index (χ4v) is 3.35. The smallest absolute Gasteiger partial charge is 0.335 e. The first kappa shape index (κ1) is 24.8. The van der Waals surface area contributed by atoms with Gasteiger partial charge >= 0.3 is 17.3 Å².